The minimum atomic E-state index is -0.798. The third-order valence-electron chi connectivity index (χ3n) is 1.79. The Morgan fingerprint density at radius 2 is 2.30 bits per heavy atom. The molecule has 0 radical (unpaired) electrons. The fraction of sp³-hybridized carbons (Fsp3) is 0.714. The molecule has 2 nitrogen and oxygen atoms in total. The zero-order valence-corrected chi connectivity index (χ0v) is 5.51. The number of hydrogen-bond acceptors (Lipinski definition) is 2. The molecule has 0 aromatic rings. The van der Waals surface area contributed by atoms with Crippen molar-refractivity contribution < 1.29 is 9.18 Å². The van der Waals surface area contributed by atoms with E-state index in [4.69, 9.17) is 5.26 Å². The zero-order valence-electron chi connectivity index (χ0n) is 5.51. The monoisotopic (exact) mass is 141 g/mol. The van der Waals surface area contributed by atoms with Crippen LogP contribution in [-0.4, -0.2) is 12.0 Å². The molecule has 0 bridgehead atoms. The van der Waals surface area contributed by atoms with E-state index >= 15 is 0 Å². The van der Waals surface area contributed by atoms with Crippen molar-refractivity contribution in [1.82, 2.24) is 0 Å². The van der Waals surface area contributed by atoms with Gasteiger partial charge in [0.15, 0.2) is 0 Å². The van der Waals surface area contributed by atoms with Crippen LogP contribution in [0.4, 0.5) is 4.39 Å². The highest BCUT2D eigenvalue weighted by Gasteiger charge is 2.33. The highest BCUT2D eigenvalue weighted by atomic mass is 19.1. The third kappa shape index (κ3) is 1.32. The van der Waals surface area contributed by atoms with Gasteiger partial charge in [-0.05, 0) is 12.8 Å². The Bertz CT molecular complexity index is 179. The molecule has 0 aromatic heterocycles. The molecule has 3 heteroatoms. The molecule has 0 spiro atoms. The smallest absolute Gasteiger partial charge is 0.150 e. The summed E-state index contributed by atoms with van der Waals surface area (Å²) in [4.78, 5) is 10.8. The van der Waals surface area contributed by atoms with Gasteiger partial charge in [0.05, 0.1) is 12.5 Å². The van der Waals surface area contributed by atoms with Gasteiger partial charge in [-0.1, -0.05) is 0 Å². The van der Waals surface area contributed by atoms with Crippen molar-refractivity contribution >= 4 is 5.78 Å². The summed E-state index contributed by atoms with van der Waals surface area (Å²) in [5.74, 6) is -0.258. The zero-order chi connectivity index (χ0) is 7.56. The molecule has 1 aliphatic carbocycles. The molecule has 1 fully saturated rings. The van der Waals surface area contributed by atoms with Gasteiger partial charge in [0.2, 0.25) is 0 Å². The van der Waals surface area contributed by atoms with Gasteiger partial charge < -0.3 is 0 Å². The summed E-state index contributed by atoms with van der Waals surface area (Å²) in [5.41, 5.74) is 0. The van der Waals surface area contributed by atoms with E-state index in [9.17, 15) is 9.18 Å². The topological polar surface area (TPSA) is 40.9 Å². The summed E-state index contributed by atoms with van der Waals surface area (Å²) in [6, 6.07) is 1.76. The van der Waals surface area contributed by atoms with E-state index in [2.05, 4.69) is 0 Å². The largest absolute Gasteiger partial charge is 0.298 e. The number of nitriles is 1. The molecule has 0 saturated heterocycles. The Hall–Kier alpha value is -0.910. The molecular formula is C7H8FNO. The minimum Gasteiger partial charge on any atom is -0.298 e. The molecule has 0 aliphatic heterocycles. The average molecular weight is 141 g/mol. The van der Waals surface area contributed by atoms with Gasteiger partial charge in [0.25, 0.3) is 0 Å². The Kier molecular flexibility index (Phi) is 2.00. The maximum Gasteiger partial charge on any atom is 0.150 e. The van der Waals surface area contributed by atoms with Crippen molar-refractivity contribution in [2.75, 3.05) is 0 Å². The second kappa shape index (κ2) is 2.78. The maximum atomic E-state index is 12.1. The Morgan fingerprint density at radius 3 is 2.70 bits per heavy atom. The Labute approximate surface area is 58.6 Å². The molecule has 10 heavy (non-hydrogen) atoms. The standard InChI is InChI=1S/C7H8FNO/c8-6-3-5(4-6)7(10)1-2-9/h5-6H,1,3-4H2. The van der Waals surface area contributed by atoms with E-state index in [-0.39, 0.29) is 18.1 Å². The van der Waals surface area contributed by atoms with E-state index in [1.54, 1.807) is 6.07 Å². The van der Waals surface area contributed by atoms with Crippen LogP contribution in [0.5, 0.6) is 0 Å². The second-order valence-corrected chi connectivity index (χ2v) is 2.57. The number of rotatable bonds is 2. The van der Waals surface area contributed by atoms with Crippen LogP contribution in [0.25, 0.3) is 0 Å². The van der Waals surface area contributed by atoms with Crippen LogP contribution in [0, 0.1) is 17.2 Å². The van der Waals surface area contributed by atoms with E-state index in [0.717, 1.165) is 0 Å². The van der Waals surface area contributed by atoms with Gasteiger partial charge >= 0.3 is 0 Å². The summed E-state index contributed by atoms with van der Waals surface area (Å²) in [7, 11) is 0. The van der Waals surface area contributed by atoms with Crippen molar-refractivity contribution in [1.29, 1.82) is 5.26 Å². The van der Waals surface area contributed by atoms with Crippen molar-refractivity contribution in [3.63, 3.8) is 0 Å². The van der Waals surface area contributed by atoms with Crippen LogP contribution in [0.3, 0.4) is 0 Å². The van der Waals surface area contributed by atoms with Crippen LogP contribution in [0.15, 0.2) is 0 Å². The number of ketones is 1. The van der Waals surface area contributed by atoms with E-state index in [1.165, 1.54) is 0 Å². The molecule has 1 aliphatic rings. The van der Waals surface area contributed by atoms with E-state index in [0.29, 0.717) is 12.8 Å². The second-order valence-electron chi connectivity index (χ2n) is 2.57. The van der Waals surface area contributed by atoms with Gasteiger partial charge in [0, 0.05) is 5.92 Å². The SMILES string of the molecule is N#CCC(=O)C1CC(F)C1. The Morgan fingerprint density at radius 1 is 1.70 bits per heavy atom. The predicted molar refractivity (Wildman–Crippen MR) is 32.9 cm³/mol. The molecule has 0 N–H and O–H groups in total. The number of halogens is 1. The summed E-state index contributed by atoms with van der Waals surface area (Å²) in [5, 5.41) is 8.11. The lowest BCUT2D eigenvalue weighted by molar-refractivity contribution is -0.126. The third-order valence-corrected chi connectivity index (χ3v) is 1.79. The summed E-state index contributed by atoms with van der Waals surface area (Å²) in [6.45, 7) is 0. The lowest BCUT2D eigenvalue weighted by Crippen LogP contribution is -2.31. The first-order valence-electron chi connectivity index (χ1n) is 3.27. The minimum absolute atomic E-state index is 0.0581. The Balaban J connectivity index is 2.26. The van der Waals surface area contributed by atoms with Crippen molar-refractivity contribution in [2.45, 2.75) is 25.4 Å². The molecule has 0 atom stereocenters. The lowest BCUT2D eigenvalue weighted by atomic mass is 9.80. The number of carbonyl (C=O) groups excluding carboxylic acids is 1. The van der Waals surface area contributed by atoms with Gasteiger partial charge in [-0.3, -0.25) is 4.79 Å². The molecule has 0 aromatic carbocycles. The van der Waals surface area contributed by atoms with Gasteiger partial charge in [-0.2, -0.15) is 5.26 Å². The van der Waals surface area contributed by atoms with Crippen molar-refractivity contribution in [3.05, 3.63) is 0 Å². The lowest BCUT2D eigenvalue weighted by Gasteiger charge is -2.27. The summed E-state index contributed by atoms with van der Waals surface area (Å²) in [6.07, 6.45) is -0.189. The van der Waals surface area contributed by atoms with Gasteiger partial charge in [-0.25, -0.2) is 4.39 Å². The average Bonchev–Trinajstić information content (AvgIpc) is 1.82. The molecule has 1 rings (SSSR count). The summed E-state index contributed by atoms with van der Waals surface area (Å²) >= 11 is 0. The van der Waals surface area contributed by atoms with E-state index < -0.39 is 6.17 Å². The number of Topliss-reactive ketones (excluding diaryl/α,β-unsaturated/α-hetero) is 1. The molecule has 0 heterocycles. The fourth-order valence-electron chi connectivity index (χ4n) is 1.03. The molecule has 0 amide bonds. The van der Waals surface area contributed by atoms with Crippen LogP contribution in [-0.2, 0) is 4.79 Å². The number of nitrogens with zero attached hydrogens (tertiary/aromatic N) is 1. The van der Waals surface area contributed by atoms with Crippen LogP contribution >= 0.6 is 0 Å². The van der Waals surface area contributed by atoms with Crippen LogP contribution in [0.1, 0.15) is 19.3 Å². The highest BCUT2D eigenvalue weighted by Crippen LogP contribution is 2.31. The first-order valence-corrected chi connectivity index (χ1v) is 3.27. The molecule has 54 valence electrons. The van der Waals surface area contributed by atoms with E-state index in [1.807, 2.05) is 0 Å². The molecular weight excluding hydrogens is 133 g/mol. The first-order chi connectivity index (χ1) is 4.74. The quantitative estimate of drug-likeness (QED) is 0.580. The van der Waals surface area contributed by atoms with Crippen molar-refractivity contribution in [3.8, 4) is 6.07 Å². The normalized spacial score (nSPS) is 30.4. The van der Waals surface area contributed by atoms with Gasteiger partial charge in [-0.15, -0.1) is 0 Å². The number of alkyl halides is 1. The highest BCUT2D eigenvalue weighted by molar-refractivity contribution is 5.83. The first kappa shape index (κ1) is 7.20. The molecule has 0 unspecified atom stereocenters. The molecule has 1 saturated carbocycles. The maximum absolute atomic E-state index is 12.1. The number of hydrogen-bond donors (Lipinski definition) is 0. The van der Waals surface area contributed by atoms with Crippen LogP contribution < -0.4 is 0 Å². The summed E-state index contributed by atoms with van der Waals surface area (Å²) < 4.78 is 12.1. The van der Waals surface area contributed by atoms with Gasteiger partial charge in [0.1, 0.15) is 12.0 Å². The fourth-order valence-corrected chi connectivity index (χ4v) is 1.03. The van der Waals surface area contributed by atoms with Crippen molar-refractivity contribution in [2.24, 2.45) is 5.92 Å². The van der Waals surface area contributed by atoms with Crippen LogP contribution in [0.2, 0.25) is 0 Å². The number of carbonyl (C=O) groups is 1. The predicted octanol–water partition coefficient (Wildman–Crippen LogP) is 1.22.